The number of carbonyl (C=O) groups is 1. The van der Waals surface area contributed by atoms with Gasteiger partial charge in [-0.2, -0.15) is 0 Å². The van der Waals surface area contributed by atoms with Gasteiger partial charge in [0.2, 0.25) is 5.91 Å². The van der Waals surface area contributed by atoms with E-state index in [4.69, 9.17) is 0 Å². The molecule has 21 heavy (non-hydrogen) atoms. The molecule has 1 saturated heterocycles. The van der Waals surface area contributed by atoms with E-state index in [2.05, 4.69) is 23.7 Å². The molecule has 4 nitrogen and oxygen atoms in total. The second-order valence-corrected chi connectivity index (χ2v) is 5.97. The highest BCUT2D eigenvalue weighted by molar-refractivity contribution is 5.95. The van der Waals surface area contributed by atoms with E-state index in [0.717, 1.165) is 30.6 Å². The average Bonchev–Trinajstić information content (AvgIpc) is 2.89. The molecule has 1 amide bonds. The third-order valence-electron chi connectivity index (χ3n) is 4.92. The summed E-state index contributed by atoms with van der Waals surface area (Å²) in [5, 5.41) is 10.8. The summed E-state index contributed by atoms with van der Waals surface area (Å²) >= 11 is 0. The number of fused-ring (bicyclic) bond motifs is 5. The van der Waals surface area contributed by atoms with E-state index in [0.29, 0.717) is 5.57 Å². The van der Waals surface area contributed by atoms with E-state index in [9.17, 15) is 9.90 Å². The lowest BCUT2D eigenvalue weighted by molar-refractivity contribution is -0.133. The van der Waals surface area contributed by atoms with Crippen LogP contribution < -0.4 is 0 Å². The number of nitrogens with one attached hydrogen (secondary N) is 1. The molecular formula is C17H18N2O2. The molecule has 4 rings (SSSR count). The number of rotatable bonds is 1. The van der Waals surface area contributed by atoms with Gasteiger partial charge in [-0.05, 0) is 24.5 Å². The van der Waals surface area contributed by atoms with Crippen LogP contribution in [0.4, 0.5) is 0 Å². The number of aromatic amines is 1. The SMILES string of the molecule is C=C1C(=O)N2CCc3c([nH]c4ccccc34)[C@H]2C[C@H]1CO. The Morgan fingerprint density at radius 3 is 3.00 bits per heavy atom. The Bertz CT molecular complexity index is 746. The molecule has 0 radical (unpaired) electrons. The fourth-order valence-corrected chi connectivity index (χ4v) is 3.76. The van der Waals surface area contributed by atoms with Gasteiger partial charge in [0.15, 0.2) is 0 Å². The summed E-state index contributed by atoms with van der Waals surface area (Å²) < 4.78 is 0. The summed E-state index contributed by atoms with van der Waals surface area (Å²) in [6, 6.07) is 8.31. The van der Waals surface area contributed by atoms with Crippen LogP contribution in [0.1, 0.15) is 23.7 Å². The van der Waals surface area contributed by atoms with Crippen molar-refractivity contribution in [2.45, 2.75) is 18.9 Å². The van der Waals surface area contributed by atoms with E-state index in [1.165, 1.54) is 10.9 Å². The molecule has 0 saturated carbocycles. The van der Waals surface area contributed by atoms with E-state index >= 15 is 0 Å². The molecule has 4 heteroatoms. The zero-order valence-electron chi connectivity index (χ0n) is 11.8. The third kappa shape index (κ3) is 1.69. The van der Waals surface area contributed by atoms with Crippen LogP contribution in [0.15, 0.2) is 36.4 Å². The van der Waals surface area contributed by atoms with Crippen molar-refractivity contribution >= 4 is 16.8 Å². The molecule has 0 aliphatic carbocycles. The number of piperidine rings is 1. The number of hydrogen-bond acceptors (Lipinski definition) is 2. The number of H-pyrrole nitrogens is 1. The summed E-state index contributed by atoms with van der Waals surface area (Å²) in [5.74, 6) is -0.134. The van der Waals surface area contributed by atoms with Crippen molar-refractivity contribution in [3.8, 4) is 0 Å². The van der Waals surface area contributed by atoms with E-state index in [-0.39, 0.29) is 24.5 Å². The first-order chi connectivity index (χ1) is 10.2. The van der Waals surface area contributed by atoms with Crippen molar-refractivity contribution in [1.29, 1.82) is 0 Å². The molecule has 0 spiro atoms. The quantitative estimate of drug-likeness (QED) is 0.788. The molecule has 2 atom stereocenters. The van der Waals surface area contributed by atoms with Gasteiger partial charge in [0, 0.05) is 34.6 Å². The Morgan fingerprint density at radius 2 is 2.19 bits per heavy atom. The summed E-state index contributed by atoms with van der Waals surface area (Å²) in [7, 11) is 0. The van der Waals surface area contributed by atoms with Crippen LogP contribution in [0.5, 0.6) is 0 Å². The first-order valence-electron chi connectivity index (χ1n) is 7.40. The molecule has 2 aliphatic rings. The maximum atomic E-state index is 12.5. The molecule has 2 aliphatic heterocycles. The maximum Gasteiger partial charge on any atom is 0.250 e. The second-order valence-electron chi connectivity index (χ2n) is 5.97. The Labute approximate surface area is 123 Å². The minimum Gasteiger partial charge on any atom is -0.396 e. The van der Waals surface area contributed by atoms with Crippen LogP contribution in [0, 0.1) is 5.92 Å². The lowest BCUT2D eigenvalue weighted by Crippen LogP contribution is -2.46. The van der Waals surface area contributed by atoms with Gasteiger partial charge in [0.1, 0.15) is 0 Å². The highest BCUT2D eigenvalue weighted by atomic mass is 16.3. The third-order valence-corrected chi connectivity index (χ3v) is 4.92. The van der Waals surface area contributed by atoms with Crippen molar-refractivity contribution in [3.63, 3.8) is 0 Å². The number of amides is 1. The van der Waals surface area contributed by atoms with Gasteiger partial charge in [-0.1, -0.05) is 24.8 Å². The number of carbonyl (C=O) groups excluding carboxylic acids is 1. The number of para-hydroxylation sites is 1. The standard InChI is InChI=1S/C17H18N2O2/c1-10-11(9-20)8-15-16-13(6-7-19(15)17(10)21)12-4-2-3-5-14(12)18-16/h2-5,11,15,18,20H,1,6-9H2/t11-,15+/m0/s1. The molecule has 0 unspecified atom stereocenters. The smallest absolute Gasteiger partial charge is 0.250 e. The van der Waals surface area contributed by atoms with Crippen molar-refractivity contribution < 1.29 is 9.90 Å². The zero-order valence-corrected chi connectivity index (χ0v) is 11.8. The number of benzene rings is 1. The summed E-state index contributed by atoms with van der Waals surface area (Å²) in [6.45, 7) is 4.60. The first-order valence-corrected chi connectivity index (χ1v) is 7.40. The van der Waals surface area contributed by atoms with E-state index < -0.39 is 0 Å². The fraction of sp³-hybridized carbons (Fsp3) is 0.353. The fourth-order valence-electron chi connectivity index (χ4n) is 3.76. The monoisotopic (exact) mass is 282 g/mol. The lowest BCUT2D eigenvalue weighted by Gasteiger charge is -2.42. The predicted molar refractivity (Wildman–Crippen MR) is 80.8 cm³/mol. The Morgan fingerprint density at radius 1 is 1.38 bits per heavy atom. The Balaban J connectivity index is 1.84. The van der Waals surface area contributed by atoms with Gasteiger partial charge in [0.25, 0.3) is 0 Å². The molecule has 108 valence electrons. The number of aromatic nitrogens is 1. The van der Waals surface area contributed by atoms with Gasteiger partial charge in [0.05, 0.1) is 12.6 Å². The number of aliphatic hydroxyl groups is 1. The largest absolute Gasteiger partial charge is 0.396 e. The van der Waals surface area contributed by atoms with Crippen LogP contribution in [0.3, 0.4) is 0 Å². The highest BCUT2D eigenvalue weighted by Crippen LogP contribution is 2.42. The predicted octanol–water partition coefficient (Wildman–Crippen LogP) is 2.16. The summed E-state index contributed by atoms with van der Waals surface area (Å²) in [6.07, 6.45) is 1.62. The van der Waals surface area contributed by atoms with Crippen LogP contribution >= 0.6 is 0 Å². The Hall–Kier alpha value is -2.07. The first kappa shape index (κ1) is 12.7. The van der Waals surface area contributed by atoms with Crippen LogP contribution in [0.2, 0.25) is 0 Å². The summed E-state index contributed by atoms with van der Waals surface area (Å²) in [4.78, 5) is 17.9. The van der Waals surface area contributed by atoms with Crippen molar-refractivity contribution in [2.75, 3.05) is 13.2 Å². The molecule has 2 aromatic rings. The second kappa shape index (κ2) is 4.46. The molecule has 1 aromatic carbocycles. The van der Waals surface area contributed by atoms with E-state index in [1.807, 2.05) is 17.0 Å². The van der Waals surface area contributed by atoms with Crippen LogP contribution in [-0.4, -0.2) is 34.0 Å². The zero-order chi connectivity index (χ0) is 14.6. The molecular weight excluding hydrogens is 264 g/mol. The highest BCUT2D eigenvalue weighted by Gasteiger charge is 2.41. The molecule has 3 heterocycles. The molecule has 0 bridgehead atoms. The Kier molecular flexibility index (Phi) is 2.69. The van der Waals surface area contributed by atoms with Crippen LogP contribution in [-0.2, 0) is 11.2 Å². The van der Waals surface area contributed by atoms with Gasteiger partial charge in [-0.25, -0.2) is 0 Å². The van der Waals surface area contributed by atoms with Gasteiger partial charge in [-0.15, -0.1) is 0 Å². The minimum atomic E-state index is -0.129. The van der Waals surface area contributed by atoms with Crippen molar-refractivity contribution in [2.24, 2.45) is 5.92 Å². The van der Waals surface area contributed by atoms with Gasteiger partial charge >= 0.3 is 0 Å². The topological polar surface area (TPSA) is 56.3 Å². The summed E-state index contributed by atoms with van der Waals surface area (Å²) in [5.41, 5.74) is 4.14. The number of aliphatic hydroxyl groups excluding tert-OH is 1. The normalized spacial score (nSPS) is 25.1. The number of hydrogen-bond donors (Lipinski definition) is 2. The average molecular weight is 282 g/mol. The van der Waals surface area contributed by atoms with Gasteiger partial charge < -0.3 is 15.0 Å². The molecule has 2 N–H and O–H groups in total. The van der Waals surface area contributed by atoms with E-state index in [1.54, 1.807) is 0 Å². The van der Waals surface area contributed by atoms with Crippen molar-refractivity contribution in [3.05, 3.63) is 47.7 Å². The maximum absolute atomic E-state index is 12.5. The van der Waals surface area contributed by atoms with Gasteiger partial charge in [-0.3, -0.25) is 4.79 Å². The van der Waals surface area contributed by atoms with Crippen molar-refractivity contribution in [1.82, 2.24) is 9.88 Å². The minimum absolute atomic E-state index is 0.00499. The number of nitrogens with zero attached hydrogens (tertiary/aromatic N) is 1. The van der Waals surface area contributed by atoms with Crippen LogP contribution in [0.25, 0.3) is 10.9 Å². The lowest BCUT2D eigenvalue weighted by atomic mass is 9.82. The molecule has 1 aromatic heterocycles. The molecule has 1 fully saturated rings.